The second-order valence-electron chi connectivity index (χ2n) is 5.62. The highest BCUT2D eigenvalue weighted by molar-refractivity contribution is 7.08. The van der Waals surface area contributed by atoms with Gasteiger partial charge in [0.05, 0.1) is 5.02 Å². The molecule has 27 heavy (non-hydrogen) atoms. The second-order valence-corrected chi connectivity index (χ2v) is 6.81. The lowest BCUT2D eigenvalue weighted by molar-refractivity contribution is -0.116. The third kappa shape index (κ3) is 5.57. The number of hydrogen-bond donors (Lipinski definition) is 2. The lowest BCUT2D eigenvalue weighted by Gasteiger charge is -2.09. The minimum Gasteiger partial charge on any atom is -0.456 e. The van der Waals surface area contributed by atoms with E-state index in [1.807, 2.05) is 17.5 Å². The zero-order valence-electron chi connectivity index (χ0n) is 14.3. The molecule has 2 N–H and O–H groups in total. The van der Waals surface area contributed by atoms with Gasteiger partial charge in [-0.05, 0) is 47.8 Å². The van der Waals surface area contributed by atoms with E-state index in [1.54, 1.807) is 47.8 Å². The monoisotopic (exact) mass is 400 g/mol. The largest absolute Gasteiger partial charge is 0.456 e. The van der Waals surface area contributed by atoms with Crippen LogP contribution in [0.15, 0.2) is 65.4 Å². The highest BCUT2D eigenvalue weighted by Gasteiger charge is 2.08. The summed E-state index contributed by atoms with van der Waals surface area (Å²) in [6.07, 6.45) is 0.188. The molecule has 1 aromatic heterocycles. The molecule has 0 fully saturated rings. The van der Waals surface area contributed by atoms with E-state index < -0.39 is 0 Å². The van der Waals surface area contributed by atoms with Gasteiger partial charge in [0, 0.05) is 29.6 Å². The second kappa shape index (κ2) is 9.21. The Morgan fingerprint density at radius 1 is 1.04 bits per heavy atom. The molecule has 5 nitrogen and oxygen atoms in total. The first-order valence-electron chi connectivity index (χ1n) is 8.24. The number of benzene rings is 2. The molecule has 0 aliphatic heterocycles. The van der Waals surface area contributed by atoms with Gasteiger partial charge in [0.15, 0.2) is 0 Å². The molecule has 0 bridgehead atoms. The maximum absolute atomic E-state index is 12.0. The number of amides is 2. The number of ether oxygens (including phenoxy) is 1. The van der Waals surface area contributed by atoms with Crippen LogP contribution < -0.4 is 15.4 Å². The first-order valence-corrected chi connectivity index (χ1v) is 9.56. The van der Waals surface area contributed by atoms with Crippen molar-refractivity contribution in [3.63, 3.8) is 0 Å². The van der Waals surface area contributed by atoms with Gasteiger partial charge >= 0.3 is 0 Å². The van der Waals surface area contributed by atoms with E-state index in [-0.39, 0.29) is 24.8 Å². The minimum absolute atomic E-state index is 0.176. The van der Waals surface area contributed by atoms with Crippen molar-refractivity contribution in [3.05, 3.63) is 75.9 Å². The van der Waals surface area contributed by atoms with Gasteiger partial charge in [-0.1, -0.05) is 23.7 Å². The van der Waals surface area contributed by atoms with Gasteiger partial charge in [0.2, 0.25) is 5.91 Å². The molecule has 0 radical (unpaired) electrons. The predicted octanol–water partition coefficient (Wildman–Crippen LogP) is 4.95. The number of nitrogens with one attached hydrogen (secondary N) is 2. The van der Waals surface area contributed by atoms with Crippen LogP contribution >= 0.6 is 22.9 Å². The predicted molar refractivity (Wildman–Crippen MR) is 108 cm³/mol. The lowest BCUT2D eigenvalue weighted by atomic mass is 10.2. The molecule has 2 amide bonds. The van der Waals surface area contributed by atoms with Crippen molar-refractivity contribution in [3.8, 4) is 11.5 Å². The molecule has 138 valence electrons. The van der Waals surface area contributed by atoms with E-state index in [0.717, 1.165) is 0 Å². The Balaban J connectivity index is 1.45. The summed E-state index contributed by atoms with van der Waals surface area (Å²) in [6.45, 7) is 0.272. The number of carbonyl (C=O) groups is 2. The average molecular weight is 401 g/mol. The Labute approximate surface area is 165 Å². The van der Waals surface area contributed by atoms with E-state index in [2.05, 4.69) is 10.6 Å². The Kier molecular flexibility index (Phi) is 6.46. The molecular weight excluding hydrogens is 384 g/mol. The number of thiophene rings is 1. The first kappa shape index (κ1) is 18.9. The maximum atomic E-state index is 12.0. The van der Waals surface area contributed by atoms with Gasteiger partial charge in [-0.25, -0.2) is 0 Å². The number of para-hydroxylation sites is 1. The molecule has 3 aromatic rings. The lowest BCUT2D eigenvalue weighted by Crippen LogP contribution is -2.27. The number of rotatable bonds is 7. The third-order valence-corrected chi connectivity index (χ3v) is 4.62. The molecule has 0 saturated carbocycles. The zero-order valence-corrected chi connectivity index (χ0v) is 15.8. The number of carbonyl (C=O) groups excluding carboxylic acids is 2. The standard InChI is InChI=1S/C20H17ClN2O3S/c21-17-3-1-2-4-18(17)26-16-7-5-15(6-8-16)23-19(24)9-11-22-20(25)14-10-12-27-13-14/h1-8,10,12-13H,9,11H2,(H,22,25)(H,23,24). The van der Waals surface area contributed by atoms with Crippen molar-refractivity contribution >= 4 is 40.4 Å². The summed E-state index contributed by atoms with van der Waals surface area (Å²) in [5.41, 5.74) is 1.25. The van der Waals surface area contributed by atoms with Gasteiger partial charge in [0.1, 0.15) is 11.5 Å². The molecule has 0 aliphatic carbocycles. The fraction of sp³-hybridized carbons (Fsp3) is 0.100. The Hall–Kier alpha value is -2.83. The summed E-state index contributed by atoms with van der Waals surface area (Å²) < 4.78 is 5.70. The van der Waals surface area contributed by atoms with Crippen molar-refractivity contribution in [2.24, 2.45) is 0 Å². The third-order valence-electron chi connectivity index (χ3n) is 3.62. The average Bonchev–Trinajstić information content (AvgIpc) is 3.20. The van der Waals surface area contributed by atoms with Crippen LogP contribution in [0.4, 0.5) is 5.69 Å². The fourth-order valence-corrected chi connectivity index (χ4v) is 3.08. The summed E-state index contributed by atoms with van der Waals surface area (Å²) in [5, 5.41) is 9.63. The molecule has 3 rings (SSSR count). The maximum Gasteiger partial charge on any atom is 0.252 e. The smallest absolute Gasteiger partial charge is 0.252 e. The van der Waals surface area contributed by atoms with Crippen molar-refractivity contribution < 1.29 is 14.3 Å². The first-order chi connectivity index (χ1) is 13.1. The van der Waals surface area contributed by atoms with Crippen molar-refractivity contribution in [1.82, 2.24) is 5.32 Å². The topological polar surface area (TPSA) is 67.4 Å². The normalized spacial score (nSPS) is 10.3. The summed E-state index contributed by atoms with van der Waals surface area (Å²) in [7, 11) is 0. The number of halogens is 1. The van der Waals surface area contributed by atoms with Crippen molar-refractivity contribution in [2.45, 2.75) is 6.42 Å². The SMILES string of the molecule is O=C(CCNC(=O)c1ccsc1)Nc1ccc(Oc2ccccc2Cl)cc1. The van der Waals surface area contributed by atoms with Crippen LogP contribution in [0.5, 0.6) is 11.5 Å². The van der Waals surface area contributed by atoms with Crippen LogP contribution in [0.25, 0.3) is 0 Å². The quantitative estimate of drug-likeness (QED) is 0.589. The van der Waals surface area contributed by atoms with Gasteiger partial charge in [0.25, 0.3) is 5.91 Å². The van der Waals surface area contributed by atoms with Crippen LogP contribution in [-0.2, 0) is 4.79 Å². The van der Waals surface area contributed by atoms with E-state index in [0.29, 0.717) is 27.8 Å². The van der Waals surface area contributed by atoms with Crippen LogP contribution in [0.1, 0.15) is 16.8 Å². The molecule has 1 heterocycles. The number of hydrogen-bond acceptors (Lipinski definition) is 4. The number of anilines is 1. The highest BCUT2D eigenvalue weighted by Crippen LogP contribution is 2.29. The van der Waals surface area contributed by atoms with E-state index in [4.69, 9.17) is 16.3 Å². The van der Waals surface area contributed by atoms with E-state index in [1.165, 1.54) is 11.3 Å². The molecule has 0 unspecified atom stereocenters. The van der Waals surface area contributed by atoms with Crippen LogP contribution in [0.2, 0.25) is 5.02 Å². The van der Waals surface area contributed by atoms with Crippen molar-refractivity contribution in [1.29, 1.82) is 0 Å². The van der Waals surface area contributed by atoms with E-state index >= 15 is 0 Å². The van der Waals surface area contributed by atoms with Crippen LogP contribution in [0, 0.1) is 0 Å². The van der Waals surface area contributed by atoms with Gasteiger partial charge in [-0.15, -0.1) is 0 Å². The van der Waals surface area contributed by atoms with Crippen LogP contribution in [0.3, 0.4) is 0 Å². The molecular formula is C20H17ClN2O3S. The van der Waals surface area contributed by atoms with Gasteiger partial charge < -0.3 is 15.4 Å². The molecule has 0 aliphatic rings. The summed E-state index contributed by atoms with van der Waals surface area (Å²) in [6, 6.07) is 15.9. The molecule has 7 heteroatoms. The van der Waals surface area contributed by atoms with Gasteiger partial charge in [-0.2, -0.15) is 11.3 Å². The molecule has 0 atom stereocenters. The molecule has 2 aromatic carbocycles. The summed E-state index contributed by atoms with van der Waals surface area (Å²) >= 11 is 7.52. The van der Waals surface area contributed by atoms with Crippen LogP contribution in [-0.4, -0.2) is 18.4 Å². The Bertz CT molecular complexity index is 911. The molecule has 0 saturated heterocycles. The zero-order chi connectivity index (χ0) is 19.1. The highest BCUT2D eigenvalue weighted by atomic mass is 35.5. The summed E-state index contributed by atoms with van der Waals surface area (Å²) in [4.78, 5) is 23.8. The fourth-order valence-electron chi connectivity index (χ4n) is 2.27. The van der Waals surface area contributed by atoms with E-state index in [9.17, 15) is 9.59 Å². The Morgan fingerprint density at radius 3 is 2.52 bits per heavy atom. The van der Waals surface area contributed by atoms with Gasteiger partial charge in [-0.3, -0.25) is 9.59 Å². The molecule has 0 spiro atoms. The summed E-state index contributed by atoms with van der Waals surface area (Å²) in [5.74, 6) is 0.826. The van der Waals surface area contributed by atoms with Crippen molar-refractivity contribution in [2.75, 3.05) is 11.9 Å². The minimum atomic E-state index is -0.180. The Morgan fingerprint density at radius 2 is 1.81 bits per heavy atom.